The second-order valence-electron chi connectivity index (χ2n) is 8.03. The Morgan fingerprint density at radius 2 is 1.56 bits per heavy atom. The number of hydrogen-bond acceptors (Lipinski definition) is 8. The fourth-order valence-corrected chi connectivity index (χ4v) is 4.20. The van der Waals surface area contributed by atoms with Crippen LogP contribution in [0.3, 0.4) is 0 Å². The number of anilines is 1. The van der Waals surface area contributed by atoms with Gasteiger partial charge >= 0.3 is 5.95 Å². The van der Waals surface area contributed by atoms with Crippen LogP contribution in [0.5, 0.6) is 5.75 Å². The zero-order valence-electron chi connectivity index (χ0n) is 20.0. The highest BCUT2D eigenvalue weighted by atomic mass is 32.3. The summed E-state index contributed by atoms with van der Waals surface area (Å²) >= 11 is 0. The lowest BCUT2D eigenvalue weighted by Crippen LogP contribution is -2.36. The Balaban J connectivity index is 0.000000233. The highest BCUT2D eigenvalue weighted by molar-refractivity contribution is 7.81. The quantitative estimate of drug-likeness (QED) is 0.175. The van der Waals surface area contributed by atoms with E-state index in [1.54, 1.807) is 18.2 Å². The summed E-state index contributed by atoms with van der Waals surface area (Å²) in [6.45, 7) is 3.46. The molecule has 0 spiro atoms. The highest BCUT2D eigenvalue weighted by Crippen LogP contribution is 2.23. The van der Waals surface area contributed by atoms with E-state index in [1.165, 1.54) is 17.8 Å². The summed E-state index contributed by atoms with van der Waals surface area (Å²) in [5.41, 5.74) is 4.34. The summed E-state index contributed by atoms with van der Waals surface area (Å²) in [4.78, 5) is 2.33. The lowest BCUT2D eigenvalue weighted by molar-refractivity contribution is -0.632. The molecule has 1 fully saturated rings. The van der Waals surface area contributed by atoms with Gasteiger partial charge in [0.2, 0.25) is 0 Å². The first-order valence-corrected chi connectivity index (χ1v) is 12.6. The molecule has 4 aromatic rings. The van der Waals surface area contributed by atoms with Crippen molar-refractivity contribution >= 4 is 38.8 Å². The molecule has 36 heavy (non-hydrogen) atoms. The fourth-order valence-electron chi connectivity index (χ4n) is 3.85. The summed E-state index contributed by atoms with van der Waals surface area (Å²) in [6.07, 6.45) is 0. The molecule has 3 aromatic carbocycles. The first-order chi connectivity index (χ1) is 17.3. The van der Waals surface area contributed by atoms with Gasteiger partial charge < -0.3 is 18.4 Å². The van der Waals surface area contributed by atoms with Crippen molar-refractivity contribution in [2.45, 2.75) is 0 Å². The maximum absolute atomic E-state index is 10.0. The number of ether oxygens (including phenoxy) is 1. The van der Waals surface area contributed by atoms with Crippen molar-refractivity contribution in [1.29, 1.82) is 0 Å². The first-order valence-electron chi connectivity index (χ1n) is 11.3. The third-order valence-electron chi connectivity index (χ3n) is 5.63. The molecule has 1 saturated heterocycles. The Morgan fingerprint density at radius 1 is 0.917 bits per heavy atom. The number of rotatable bonds is 5. The standard InChI is InChI=1S/C19H22N5O.C6H6O4S/c1-22-17-5-3-4-6-18(17)23(2)19(22)21-20-15-7-9-16(10-8-15)24-11-13-25-14-12-24;7-11(8,9)10-6-4-2-1-3-5-6/h3-10H,11-14H2,1-2H3;1-5H,(H,7,8,9)/q+1;/p-1. The van der Waals surface area contributed by atoms with Crippen molar-refractivity contribution in [3.05, 3.63) is 78.9 Å². The Morgan fingerprint density at radius 3 is 2.19 bits per heavy atom. The van der Waals surface area contributed by atoms with Gasteiger partial charge in [-0.15, -0.1) is 0 Å². The average molecular weight is 510 g/mol. The van der Waals surface area contributed by atoms with Gasteiger partial charge in [0, 0.05) is 23.9 Å². The van der Waals surface area contributed by atoms with Crippen LogP contribution in [0.15, 0.2) is 89.1 Å². The van der Waals surface area contributed by atoms with Crippen LogP contribution in [0.1, 0.15) is 0 Å². The van der Waals surface area contributed by atoms with Crippen LogP contribution in [0.4, 0.5) is 17.3 Å². The van der Waals surface area contributed by atoms with E-state index in [0.29, 0.717) is 0 Å². The van der Waals surface area contributed by atoms with Crippen LogP contribution >= 0.6 is 0 Å². The van der Waals surface area contributed by atoms with E-state index in [0.717, 1.165) is 49.0 Å². The fraction of sp³-hybridized carbons (Fsp3) is 0.240. The van der Waals surface area contributed by atoms with Crippen LogP contribution in [-0.2, 0) is 29.2 Å². The van der Waals surface area contributed by atoms with E-state index >= 15 is 0 Å². The molecular formula is C25H27N5O5S. The third-order valence-corrected chi connectivity index (χ3v) is 6.02. The minimum absolute atomic E-state index is 0.0301. The predicted molar refractivity (Wildman–Crippen MR) is 135 cm³/mol. The molecule has 1 aliphatic rings. The molecule has 0 saturated carbocycles. The van der Waals surface area contributed by atoms with Crippen LogP contribution < -0.4 is 13.7 Å². The number of azo groups is 1. The largest absolute Gasteiger partial charge is 0.716 e. The Labute approximate surface area is 210 Å². The Bertz CT molecular complexity index is 1390. The van der Waals surface area contributed by atoms with Gasteiger partial charge in [0.1, 0.15) is 22.5 Å². The lowest BCUT2D eigenvalue weighted by atomic mass is 10.2. The molecule has 5 rings (SSSR count). The zero-order chi connectivity index (χ0) is 25.5. The van der Waals surface area contributed by atoms with Gasteiger partial charge in [-0.05, 0) is 48.5 Å². The van der Waals surface area contributed by atoms with E-state index < -0.39 is 10.4 Å². The third kappa shape index (κ3) is 6.45. The molecule has 1 aliphatic heterocycles. The number of para-hydroxylation sites is 3. The number of fused-ring (bicyclic) bond motifs is 1. The summed E-state index contributed by atoms with van der Waals surface area (Å²) in [6, 6.07) is 24.1. The number of aromatic nitrogens is 2. The zero-order valence-corrected chi connectivity index (χ0v) is 20.8. The summed E-state index contributed by atoms with van der Waals surface area (Å²) < 4.78 is 43.6. The molecule has 0 N–H and O–H groups in total. The predicted octanol–water partition coefficient (Wildman–Crippen LogP) is 3.78. The van der Waals surface area contributed by atoms with E-state index in [2.05, 4.69) is 52.7 Å². The van der Waals surface area contributed by atoms with Gasteiger partial charge in [-0.25, -0.2) is 17.6 Å². The number of nitrogens with zero attached hydrogens (tertiary/aromatic N) is 5. The van der Waals surface area contributed by atoms with Gasteiger partial charge in [0.05, 0.1) is 27.3 Å². The molecule has 0 unspecified atom stereocenters. The van der Waals surface area contributed by atoms with Crippen molar-refractivity contribution < 1.29 is 26.5 Å². The molecular weight excluding hydrogens is 482 g/mol. The van der Waals surface area contributed by atoms with Crippen molar-refractivity contribution in [2.24, 2.45) is 24.3 Å². The molecule has 10 nitrogen and oxygen atoms in total. The summed E-state index contributed by atoms with van der Waals surface area (Å²) in [5, 5.41) is 8.89. The lowest BCUT2D eigenvalue weighted by Gasteiger charge is -2.28. The van der Waals surface area contributed by atoms with E-state index in [-0.39, 0.29) is 5.75 Å². The smallest absolute Gasteiger partial charge is 0.422 e. The maximum Gasteiger partial charge on any atom is 0.422 e. The maximum atomic E-state index is 10.0. The number of aryl methyl sites for hydroxylation is 2. The number of benzene rings is 3. The van der Waals surface area contributed by atoms with Gasteiger partial charge in [-0.1, -0.05) is 35.4 Å². The molecule has 188 valence electrons. The van der Waals surface area contributed by atoms with Gasteiger partial charge in [-0.3, -0.25) is 0 Å². The molecule has 0 atom stereocenters. The van der Waals surface area contributed by atoms with Crippen molar-refractivity contribution in [3.63, 3.8) is 0 Å². The topological polar surface area (TPSA) is 112 Å². The second-order valence-corrected chi connectivity index (χ2v) is 9.01. The number of hydrogen-bond donors (Lipinski definition) is 0. The van der Waals surface area contributed by atoms with Crippen LogP contribution in [0, 0.1) is 0 Å². The van der Waals surface area contributed by atoms with Crippen LogP contribution in [0.25, 0.3) is 11.0 Å². The summed E-state index contributed by atoms with van der Waals surface area (Å²) in [5.74, 6) is 0.848. The SMILES string of the molecule is Cn1c(N=Nc2ccc(N3CCOCC3)cc2)[n+](C)c2ccccc21.O=S(=O)([O-])Oc1ccccc1. The highest BCUT2D eigenvalue weighted by Gasteiger charge is 2.19. The minimum atomic E-state index is -4.63. The monoisotopic (exact) mass is 509 g/mol. The molecule has 0 bridgehead atoms. The van der Waals surface area contributed by atoms with Crippen molar-refractivity contribution in [3.8, 4) is 5.75 Å². The molecule has 2 heterocycles. The molecule has 0 radical (unpaired) electrons. The van der Waals surface area contributed by atoms with Gasteiger partial charge in [0.15, 0.2) is 0 Å². The van der Waals surface area contributed by atoms with Gasteiger partial charge in [-0.2, -0.15) is 0 Å². The molecule has 1 aromatic heterocycles. The number of morpholine rings is 1. The average Bonchev–Trinajstić information content (AvgIpc) is 3.13. The van der Waals surface area contributed by atoms with Gasteiger partial charge in [0.25, 0.3) is 10.4 Å². The van der Waals surface area contributed by atoms with E-state index in [1.807, 2.05) is 38.4 Å². The Kier molecular flexibility index (Phi) is 7.93. The normalized spacial score (nSPS) is 14.0. The summed E-state index contributed by atoms with van der Waals surface area (Å²) in [7, 11) is -0.603. The van der Waals surface area contributed by atoms with E-state index in [4.69, 9.17) is 4.74 Å². The molecule has 11 heteroatoms. The van der Waals surface area contributed by atoms with Crippen LogP contribution in [0.2, 0.25) is 0 Å². The first kappa shape index (κ1) is 25.3. The molecule has 0 amide bonds. The van der Waals surface area contributed by atoms with Crippen molar-refractivity contribution in [2.75, 3.05) is 31.2 Å². The minimum Gasteiger partial charge on any atom is -0.716 e. The van der Waals surface area contributed by atoms with Crippen LogP contribution in [-0.4, -0.2) is 43.8 Å². The van der Waals surface area contributed by atoms with E-state index in [9.17, 15) is 13.0 Å². The molecule has 0 aliphatic carbocycles. The second kappa shape index (κ2) is 11.3. The number of imidazole rings is 1. The van der Waals surface area contributed by atoms with Crippen molar-refractivity contribution in [1.82, 2.24) is 4.57 Å². The Hall–Kier alpha value is -3.80.